The first kappa shape index (κ1) is 20.1. The molecule has 0 saturated carbocycles. The minimum absolute atomic E-state index is 0.0910. The van der Waals surface area contributed by atoms with Gasteiger partial charge in [-0.3, -0.25) is 9.48 Å². The number of aromatic nitrogens is 4. The van der Waals surface area contributed by atoms with Gasteiger partial charge < -0.3 is 5.32 Å². The molecule has 0 aliphatic rings. The molecule has 1 amide bonds. The number of hydrogen-bond acceptors (Lipinski definition) is 4. The van der Waals surface area contributed by atoms with Crippen LogP contribution in [0, 0.1) is 6.92 Å². The van der Waals surface area contributed by atoms with E-state index in [2.05, 4.69) is 15.5 Å². The van der Waals surface area contributed by atoms with Gasteiger partial charge in [0.05, 0.1) is 22.3 Å². The Morgan fingerprint density at radius 3 is 2.50 bits per heavy atom. The molecule has 4 aromatic rings. The molecule has 0 unspecified atom stereocenters. The molecule has 0 aliphatic carbocycles. The smallest absolute Gasteiger partial charge is 0.345 e. The van der Waals surface area contributed by atoms with Gasteiger partial charge in [-0.15, -0.1) is 11.3 Å². The molecule has 0 saturated heterocycles. The quantitative estimate of drug-likeness (QED) is 0.510. The predicted molar refractivity (Wildman–Crippen MR) is 108 cm³/mol. The minimum atomic E-state index is -4.63. The highest BCUT2D eigenvalue weighted by atomic mass is 32.1. The highest BCUT2D eigenvalue weighted by Crippen LogP contribution is 2.39. The number of hydrogen-bond donors (Lipinski definition) is 1. The number of aryl methyl sites for hydroxylation is 2. The van der Waals surface area contributed by atoms with Crippen LogP contribution in [0.3, 0.4) is 0 Å². The number of rotatable bonds is 4. The molecule has 0 bridgehead atoms. The van der Waals surface area contributed by atoms with Crippen LogP contribution in [0.15, 0.2) is 42.6 Å². The van der Waals surface area contributed by atoms with Crippen molar-refractivity contribution in [3.63, 3.8) is 0 Å². The summed E-state index contributed by atoms with van der Waals surface area (Å²) < 4.78 is 43.5. The zero-order valence-corrected chi connectivity index (χ0v) is 17.2. The average Bonchev–Trinajstić information content (AvgIpc) is 3.34. The normalized spacial score (nSPS) is 13.0. The van der Waals surface area contributed by atoms with Crippen LogP contribution in [-0.2, 0) is 13.2 Å². The highest BCUT2D eigenvalue weighted by Gasteiger charge is 2.38. The summed E-state index contributed by atoms with van der Waals surface area (Å²) in [5.74, 6) is -0.445. The largest absolute Gasteiger partial charge is 0.435 e. The zero-order valence-electron chi connectivity index (χ0n) is 16.4. The molecule has 30 heavy (non-hydrogen) atoms. The molecule has 3 aromatic heterocycles. The molecule has 4 rings (SSSR count). The molecule has 6 nitrogen and oxygen atoms in total. The van der Waals surface area contributed by atoms with Crippen LogP contribution in [0.2, 0.25) is 0 Å². The van der Waals surface area contributed by atoms with E-state index in [-0.39, 0.29) is 21.1 Å². The molecular formula is C20H18F3N5OS. The first-order chi connectivity index (χ1) is 14.1. The lowest BCUT2D eigenvalue weighted by molar-refractivity contribution is -0.140. The van der Waals surface area contributed by atoms with Crippen LogP contribution in [-0.4, -0.2) is 25.5 Å². The second-order valence-electron chi connectivity index (χ2n) is 6.96. The summed E-state index contributed by atoms with van der Waals surface area (Å²) in [6.45, 7) is 3.64. The van der Waals surface area contributed by atoms with Crippen molar-refractivity contribution < 1.29 is 18.0 Å². The van der Waals surface area contributed by atoms with Crippen LogP contribution in [0.1, 0.15) is 39.6 Å². The first-order valence-electron chi connectivity index (χ1n) is 9.11. The monoisotopic (exact) mass is 433 g/mol. The molecule has 156 valence electrons. The molecule has 1 atom stereocenters. The van der Waals surface area contributed by atoms with Crippen molar-refractivity contribution in [3.05, 3.63) is 64.4 Å². The Hall–Kier alpha value is -3.14. The van der Waals surface area contributed by atoms with E-state index in [9.17, 15) is 18.0 Å². The predicted octanol–water partition coefficient (Wildman–Crippen LogP) is 4.64. The van der Waals surface area contributed by atoms with Crippen molar-refractivity contribution >= 4 is 27.5 Å². The molecule has 0 spiro atoms. The van der Waals surface area contributed by atoms with Crippen molar-refractivity contribution in [2.45, 2.75) is 26.1 Å². The fraction of sp³-hybridized carbons (Fsp3) is 0.250. The summed E-state index contributed by atoms with van der Waals surface area (Å²) in [6, 6.07) is 9.45. The lowest BCUT2D eigenvalue weighted by Crippen LogP contribution is -2.26. The number of para-hydroxylation sites is 1. The number of halogens is 3. The molecular weight excluding hydrogens is 415 g/mol. The summed E-state index contributed by atoms with van der Waals surface area (Å²) in [4.78, 5) is 13.2. The van der Waals surface area contributed by atoms with Crippen LogP contribution in [0.5, 0.6) is 0 Å². The molecule has 1 aromatic carbocycles. The number of carbonyl (C=O) groups is 1. The summed E-state index contributed by atoms with van der Waals surface area (Å²) in [5.41, 5.74) is 1.11. The molecule has 0 fully saturated rings. The lowest BCUT2D eigenvalue weighted by Gasteiger charge is -2.12. The van der Waals surface area contributed by atoms with Gasteiger partial charge in [-0.1, -0.05) is 18.2 Å². The van der Waals surface area contributed by atoms with Gasteiger partial charge in [0.1, 0.15) is 4.83 Å². The van der Waals surface area contributed by atoms with Crippen molar-refractivity contribution in [3.8, 4) is 5.69 Å². The third-order valence-corrected chi connectivity index (χ3v) is 5.83. The molecule has 0 radical (unpaired) electrons. The topological polar surface area (TPSA) is 64.7 Å². The van der Waals surface area contributed by atoms with Gasteiger partial charge in [0.2, 0.25) is 0 Å². The number of benzene rings is 1. The van der Waals surface area contributed by atoms with Gasteiger partial charge >= 0.3 is 6.18 Å². The van der Waals surface area contributed by atoms with E-state index >= 15 is 0 Å². The summed E-state index contributed by atoms with van der Waals surface area (Å²) in [6.07, 6.45) is -2.83. The Bertz CT molecular complexity index is 1220. The van der Waals surface area contributed by atoms with Gasteiger partial charge in [-0.2, -0.15) is 23.4 Å². The first-order valence-corrected chi connectivity index (χ1v) is 9.93. The van der Waals surface area contributed by atoms with Crippen LogP contribution < -0.4 is 5.32 Å². The van der Waals surface area contributed by atoms with E-state index < -0.39 is 17.8 Å². The number of nitrogens with zero attached hydrogens (tertiary/aromatic N) is 4. The zero-order chi connectivity index (χ0) is 21.6. The average molecular weight is 433 g/mol. The van der Waals surface area contributed by atoms with E-state index in [0.717, 1.165) is 22.6 Å². The van der Waals surface area contributed by atoms with E-state index in [1.165, 1.54) is 10.7 Å². The maximum Gasteiger partial charge on any atom is 0.435 e. The highest BCUT2D eigenvalue weighted by molar-refractivity contribution is 7.20. The van der Waals surface area contributed by atoms with Crippen LogP contribution >= 0.6 is 11.3 Å². The Balaban J connectivity index is 1.72. The lowest BCUT2D eigenvalue weighted by atomic mass is 10.1. The number of alkyl halides is 3. The van der Waals surface area contributed by atoms with Gasteiger partial charge in [-0.25, -0.2) is 4.68 Å². The Morgan fingerprint density at radius 2 is 1.90 bits per heavy atom. The molecule has 1 N–H and O–H groups in total. The third kappa shape index (κ3) is 3.58. The van der Waals surface area contributed by atoms with Crippen LogP contribution in [0.25, 0.3) is 15.9 Å². The number of carbonyl (C=O) groups excluding carboxylic acids is 1. The second-order valence-corrected chi connectivity index (χ2v) is 7.99. The van der Waals surface area contributed by atoms with Gasteiger partial charge in [0.25, 0.3) is 5.91 Å². The summed E-state index contributed by atoms with van der Waals surface area (Å²) in [5, 5.41) is 10.8. The van der Waals surface area contributed by atoms with Crippen molar-refractivity contribution in [1.82, 2.24) is 24.9 Å². The number of nitrogens with one attached hydrogen (secondary N) is 1. The fourth-order valence-electron chi connectivity index (χ4n) is 3.36. The molecule has 3 heterocycles. The van der Waals surface area contributed by atoms with E-state index in [0.29, 0.717) is 5.69 Å². The Morgan fingerprint density at radius 1 is 1.20 bits per heavy atom. The third-order valence-electron chi connectivity index (χ3n) is 4.72. The molecule has 10 heteroatoms. The Kier molecular flexibility index (Phi) is 4.89. The molecule has 0 aliphatic heterocycles. The Labute approximate surface area is 173 Å². The maximum absolute atomic E-state index is 13.6. The van der Waals surface area contributed by atoms with E-state index in [1.807, 2.05) is 13.8 Å². The van der Waals surface area contributed by atoms with Crippen molar-refractivity contribution in [1.29, 1.82) is 0 Å². The van der Waals surface area contributed by atoms with Crippen molar-refractivity contribution in [2.24, 2.45) is 7.05 Å². The number of amides is 1. The van der Waals surface area contributed by atoms with Crippen LogP contribution in [0.4, 0.5) is 13.2 Å². The van der Waals surface area contributed by atoms with E-state index in [1.54, 1.807) is 48.3 Å². The maximum atomic E-state index is 13.6. The summed E-state index contributed by atoms with van der Waals surface area (Å²) >= 11 is 0.978. The van der Waals surface area contributed by atoms with E-state index in [4.69, 9.17) is 0 Å². The fourth-order valence-corrected chi connectivity index (χ4v) is 4.40. The van der Waals surface area contributed by atoms with Gasteiger partial charge in [0.15, 0.2) is 5.69 Å². The van der Waals surface area contributed by atoms with Crippen molar-refractivity contribution in [2.75, 3.05) is 0 Å². The second kappa shape index (κ2) is 7.28. The van der Waals surface area contributed by atoms with Gasteiger partial charge in [-0.05, 0) is 32.0 Å². The number of thiophene rings is 1. The van der Waals surface area contributed by atoms with Gasteiger partial charge in [0, 0.05) is 24.2 Å². The SMILES string of the molecule is Cc1nn(C)cc1[C@H](C)NC(=O)c1cc2c(C(F)(F)F)nn(-c3ccccc3)c2s1. The summed E-state index contributed by atoms with van der Waals surface area (Å²) in [7, 11) is 1.78. The minimum Gasteiger partial charge on any atom is -0.345 e. The standard InChI is InChI=1S/C20H18F3N5OS/c1-11(15-10-27(3)25-12(15)2)24-18(29)16-9-14-17(20(21,22)23)26-28(19(14)30-16)13-7-5-4-6-8-13/h4-11H,1-3H3,(H,24,29)/t11-/m0/s1. The number of fused-ring (bicyclic) bond motifs is 1.